The van der Waals surface area contributed by atoms with Gasteiger partial charge in [0.1, 0.15) is 0 Å². The van der Waals surface area contributed by atoms with E-state index in [9.17, 15) is 0 Å². The maximum atomic E-state index is 6.09. The van der Waals surface area contributed by atoms with Crippen LogP contribution in [0.25, 0.3) is 10.7 Å². The first-order valence-corrected chi connectivity index (χ1v) is 6.97. The molecule has 18 heavy (non-hydrogen) atoms. The van der Waals surface area contributed by atoms with Crippen LogP contribution in [-0.4, -0.2) is 38.8 Å². The Hall–Kier alpha value is -1.47. The average Bonchev–Trinajstić information content (AvgIpc) is 3.01. The molecule has 1 fully saturated rings. The van der Waals surface area contributed by atoms with Gasteiger partial charge in [0, 0.05) is 24.8 Å². The summed E-state index contributed by atoms with van der Waals surface area (Å²) >= 11 is 1.55. The predicted molar refractivity (Wildman–Crippen MR) is 71.5 cm³/mol. The Morgan fingerprint density at radius 1 is 1.56 bits per heavy atom. The van der Waals surface area contributed by atoms with Gasteiger partial charge in [0.2, 0.25) is 5.95 Å². The second-order valence-electron chi connectivity index (χ2n) is 4.59. The first kappa shape index (κ1) is 11.6. The third-order valence-electron chi connectivity index (χ3n) is 3.44. The van der Waals surface area contributed by atoms with E-state index in [4.69, 9.17) is 5.73 Å². The molecule has 0 aromatic carbocycles. The molecule has 3 N–H and O–H groups in total. The topological polar surface area (TPSA) is 83.7 Å². The highest BCUT2D eigenvalue weighted by molar-refractivity contribution is 7.13. The van der Waals surface area contributed by atoms with Gasteiger partial charge in [-0.1, -0.05) is 0 Å². The van der Waals surface area contributed by atoms with Gasteiger partial charge in [0.25, 0.3) is 0 Å². The van der Waals surface area contributed by atoms with Crippen molar-refractivity contribution in [1.82, 2.24) is 20.2 Å². The van der Waals surface area contributed by atoms with Gasteiger partial charge < -0.3 is 10.6 Å². The fourth-order valence-electron chi connectivity index (χ4n) is 2.28. The summed E-state index contributed by atoms with van der Waals surface area (Å²) in [4.78, 5) is 11.8. The molecule has 1 aliphatic rings. The van der Waals surface area contributed by atoms with E-state index in [0.717, 1.165) is 36.0 Å². The van der Waals surface area contributed by atoms with E-state index in [-0.39, 0.29) is 12.1 Å². The average molecular weight is 264 g/mol. The summed E-state index contributed by atoms with van der Waals surface area (Å²) in [5.41, 5.74) is 7.88. The van der Waals surface area contributed by atoms with E-state index in [1.54, 1.807) is 23.0 Å². The first-order valence-electron chi connectivity index (χ1n) is 6.09. The van der Waals surface area contributed by atoms with Gasteiger partial charge in [-0.15, -0.1) is 16.4 Å². The van der Waals surface area contributed by atoms with Crippen molar-refractivity contribution in [1.29, 1.82) is 0 Å². The lowest BCUT2D eigenvalue weighted by Gasteiger charge is -2.36. The molecule has 2 aromatic rings. The molecule has 0 bridgehead atoms. The number of piperidine rings is 1. The number of nitrogens with zero attached hydrogens (tertiary/aromatic N) is 4. The molecule has 0 aliphatic carbocycles. The zero-order chi connectivity index (χ0) is 12.5. The lowest BCUT2D eigenvalue weighted by Crippen LogP contribution is -2.50. The highest BCUT2D eigenvalue weighted by atomic mass is 32.1. The Bertz CT molecular complexity index is 507. The maximum Gasteiger partial charge on any atom is 0.245 e. The molecule has 0 spiro atoms. The van der Waals surface area contributed by atoms with Crippen molar-refractivity contribution in [2.24, 2.45) is 5.73 Å². The molecule has 7 heteroatoms. The second kappa shape index (κ2) is 4.66. The summed E-state index contributed by atoms with van der Waals surface area (Å²) in [7, 11) is 0. The normalized spacial score (nSPS) is 24.4. The molecule has 2 aromatic heterocycles. The molecule has 1 saturated heterocycles. The van der Waals surface area contributed by atoms with Crippen LogP contribution in [-0.2, 0) is 0 Å². The second-order valence-corrected chi connectivity index (χ2v) is 5.48. The van der Waals surface area contributed by atoms with E-state index in [0.29, 0.717) is 0 Å². The van der Waals surface area contributed by atoms with Crippen molar-refractivity contribution in [3.05, 3.63) is 11.7 Å². The number of hydrogen-bond acceptors (Lipinski definition) is 6. The molecular formula is C11H16N6S. The van der Waals surface area contributed by atoms with Crippen LogP contribution in [0.2, 0.25) is 0 Å². The number of nitrogens with two attached hydrogens (primary N) is 1. The summed E-state index contributed by atoms with van der Waals surface area (Å²) in [6.45, 7) is 3.10. The van der Waals surface area contributed by atoms with Crippen LogP contribution in [0.3, 0.4) is 0 Å². The lowest BCUT2D eigenvalue weighted by atomic mass is 9.99. The molecule has 0 saturated carbocycles. The van der Waals surface area contributed by atoms with Crippen LogP contribution >= 0.6 is 11.3 Å². The van der Waals surface area contributed by atoms with Crippen LogP contribution < -0.4 is 10.6 Å². The van der Waals surface area contributed by atoms with Crippen LogP contribution in [0.15, 0.2) is 11.7 Å². The van der Waals surface area contributed by atoms with Gasteiger partial charge in [-0.05, 0) is 19.8 Å². The number of H-pyrrole nitrogens is 1. The quantitative estimate of drug-likeness (QED) is 0.852. The van der Waals surface area contributed by atoms with E-state index in [2.05, 4.69) is 32.0 Å². The van der Waals surface area contributed by atoms with Gasteiger partial charge in [-0.2, -0.15) is 4.98 Å². The van der Waals surface area contributed by atoms with Crippen LogP contribution in [0.4, 0.5) is 5.95 Å². The molecule has 3 heterocycles. The zero-order valence-corrected chi connectivity index (χ0v) is 11.0. The number of aromatic amines is 1. The smallest absolute Gasteiger partial charge is 0.245 e. The van der Waals surface area contributed by atoms with Gasteiger partial charge in [0.05, 0.1) is 10.4 Å². The van der Waals surface area contributed by atoms with Crippen LogP contribution in [0.1, 0.15) is 19.8 Å². The number of hydrogen-bond donors (Lipinski definition) is 2. The Labute approximate surface area is 109 Å². The molecule has 1 aliphatic heterocycles. The SMILES string of the molecule is CC1C(N)CCCN1c1n[nH]c(-c2cncs2)n1. The highest BCUT2D eigenvalue weighted by Gasteiger charge is 2.27. The molecule has 2 unspecified atom stereocenters. The Morgan fingerprint density at radius 3 is 3.22 bits per heavy atom. The Balaban J connectivity index is 1.84. The first-order chi connectivity index (χ1) is 8.75. The van der Waals surface area contributed by atoms with E-state index < -0.39 is 0 Å². The third kappa shape index (κ3) is 1.99. The van der Waals surface area contributed by atoms with Crippen LogP contribution in [0.5, 0.6) is 0 Å². The number of anilines is 1. The number of nitrogens with one attached hydrogen (secondary N) is 1. The predicted octanol–water partition coefficient (Wildman–Crippen LogP) is 1.24. The van der Waals surface area contributed by atoms with Crippen molar-refractivity contribution in [3.8, 4) is 10.7 Å². The number of rotatable bonds is 2. The van der Waals surface area contributed by atoms with Crippen molar-refractivity contribution in [2.75, 3.05) is 11.4 Å². The third-order valence-corrected chi connectivity index (χ3v) is 4.22. The molecule has 3 rings (SSSR count). The minimum Gasteiger partial charge on any atom is -0.335 e. The molecule has 96 valence electrons. The van der Waals surface area contributed by atoms with Crippen molar-refractivity contribution < 1.29 is 0 Å². The Morgan fingerprint density at radius 2 is 2.44 bits per heavy atom. The van der Waals surface area contributed by atoms with Gasteiger partial charge >= 0.3 is 0 Å². The van der Waals surface area contributed by atoms with Gasteiger partial charge in [-0.3, -0.25) is 10.1 Å². The number of thiazole rings is 1. The summed E-state index contributed by atoms with van der Waals surface area (Å²) < 4.78 is 0. The van der Waals surface area contributed by atoms with Crippen molar-refractivity contribution in [2.45, 2.75) is 31.8 Å². The van der Waals surface area contributed by atoms with Gasteiger partial charge in [0.15, 0.2) is 5.82 Å². The number of aromatic nitrogens is 4. The standard InChI is InChI=1S/C11H16N6S/c1-7-8(12)3-2-4-17(7)11-14-10(15-16-11)9-5-13-6-18-9/h5-8H,2-4,12H2,1H3,(H,14,15,16). The summed E-state index contributed by atoms with van der Waals surface area (Å²) in [6.07, 6.45) is 3.96. The monoisotopic (exact) mass is 264 g/mol. The summed E-state index contributed by atoms with van der Waals surface area (Å²) in [6, 6.07) is 0.480. The summed E-state index contributed by atoms with van der Waals surface area (Å²) in [5.74, 6) is 1.51. The highest BCUT2D eigenvalue weighted by Crippen LogP contribution is 2.24. The zero-order valence-electron chi connectivity index (χ0n) is 10.2. The van der Waals surface area contributed by atoms with E-state index in [1.807, 2.05) is 0 Å². The lowest BCUT2D eigenvalue weighted by molar-refractivity contribution is 0.416. The maximum absolute atomic E-state index is 6.09. The van der Waals surface area contributed by atoms with E-state index in [1.165, 1.54) is 0 Å². The molecule has 6 nitrogen and oxygen atoms in total. The fraction of sp³-hybridized carbons (Fsp3) is 0.545. The molecule has 0 amide bonds. The van der Waals surface area contributed by atoms with Crippen molar-refractivity contribution in [3.63, 3.8) is 0 Å². The van der Waals surface area contributed by atoms with Crippen LogP contribution in [0, 0.1) is 0 Å². The largest absolute Gasteiger partial charge is 0.335 e. The minimum absolute atomic E-state index is 0.198. The van der Waals surface area contributed by atoms with Crippen molar-refractivity contribution >= 4 is 17.3 Å². The Kier molecular flexibility index (Phi) is 3.00. The molecule has 2 atom stereocenters. The molecule has 0 radical (unpaired) electrons. The molecular weight excluding hydrogens is 248 g/mol. The fourth-order valence-corrected chi connectivity index (χ4v) is 2.84. The summed E-state index contributed by atoms with van der Waals surface area (Å²) in [5, 5.41) is 7.26. The van der Waals surface area contributed by atoms with E-state index >= 15 is 0 Å². The minimum atomic E-state index is 0.198. The van der Waals surface area contributed by atoms with Gasteiger partial charge in [-0.25, -0.2) is 0 Å².